The zero-order valence-electron chi connectivity index (χ0n) is 12.8. The van der Waals surface area contributed by atoms with Gasteiger partial charge in [-0.3, -0.25) is 4.79 Å². The van der Waals surface area contributed by atoms with Gasteiger partial charge in [-0.15, -0.1) is 0 Å². The Kier molecular flexibility index (Phi) is 8.89. The normalized spacial score (nSPS) is 16.8. The van der Waals surface area contributed by atoms with Gasteiger partial charge in [-0.25, -0.2) is 0 Å². The van der Waals surface area contributed by atoms with Crippen molar-refractivity contribution in [2.45, 2.75) is 77.7 Å². The molecule has 0 aromatic carbocycles. The van der Waals surface area contributed by atoms with Crippen LogP contribution in [0.2, 0.25) is 0 Å². The van der Waals surface area contributed by atoms with Crippen LogP contribution < -0.4 is 10.6 Å². The Labute approximate surface area is 118 Å². The van der Waals surface area contributed by atoms with E-state index < -0.39 is 0 Å². The number of carbonyl (C=O) groups is 1. The minimum Gasteiger partial charge on any atom is -0.355 e. The van der Waals surface area contributed by atoms with Crippen molar-refractivity contribution < 1.29 is 4.79 Å². The van der Waals surface area contributed by atoms with Gasteiger partial charge in [0.2, 0.25) is 5.91 Å². The molecule has 3 nitrogen and oxygen atoms in total. The van der Waals surface area contributed by atoms with E-state index in [0.717, 1.165) is 18.9 Å². The predicted molar refractivity (Wildman–Crippen MR) is 81.2 cm³/mol. The van der Waals surface area contributed by atoms with Gasteiger partial charge in [-0.2, -0.15) is 0 Å². The highest BCUT2D eigenvalue weighted by Crippen LogP contribution is 2.16. The molecule has 0 spiro atoms. The van der Waals surface area contributed by atoms with Crippen LogP contribution in [-0.4, -0.2) is 25.0 Å². The fourth-order valence-electron chi connectivity index (χ4n) is 2.69. The average molecular weight is 268 g/mol. The lowest BCUT2D eigenvalue weighted by Crippen LogP contribution is -2.40. The van der Waals surface area contributed by atoms with Crippen molar-refractivity contribution >= 4 is 5.91 Å². The monoisotopic (exact) mass is 268 g/mol. The maximum atomic E-state index is 11.7. The number of hydrogen-bond donors (Lipinski definition) is 2. The van der Waals surface area contributed by atoms with Gasteiger partial charge >= 0.3 is 0 Å². The number of rotatable bonds is 9. The third-order valence-corrected chi connectivity index (χ3v) is 3.94. The Balaban J connectivity index is 1.90. The van der Waals surface area contributed by atoms with E-state index in [1.165, 1.54) is 51.4 Å². The summed E-state index contributed by atoms with van der Waals surface area (Å²) in [5.41, 5.74) is 0. The first-order valence-electron chi connectivity index (χ1n) is 8.18. The van der Waals surface area contributed by atoms with Gasteiger partial charge in [0.05, 0.1) is 6.54 Å². The molecule has 2 N–H and O–H groups in total. The molecular formula is C16H32N2O. The van der Waals surface area contributed by atoms with Crippen LogP contribution >= 0.6 is 0 Å². The summed E-state index contributed by atoms with van der Waals surface area (Å²) < 4.78 is 0. The van der Waals surface area contributed by atoms with Crippen molar-refractivity contribution in [3.05, 3.63) is 0 Å². The lowest BCUT2D eigenvalue weighted by molar-refractivity contribution is -0.120. The summed E-state index contributed by atoms with van der Waals surface area (Å²) in [6.45, 7) is 5.86. The van der Waals surface area contributed by atoms with E-state index in [9.17, 15) is 4.79 Å². The molecule has 0 aliphatic heterocycles. The number of unbranched alkanes of at least 4 members (excludes halogenated alkanes) is 2. The van der Waals surface area contributed by atoms with Gasteiger partial charge < -0.3 is 10.6 Å². The smallest absolute Gasteiger partial charge is 0.233 e. The van der Waals surface area contributed by atoms with E-state index in [-0.39, 0.29) is 5.91 Å². The van der Waals surface area contributed by atoms with Crippen molar-refractivity contribution in [2.24, 2.45) is 5.92 Å². The van der Waals surface area contributed by atoms with Gasteiger partial charge in [-0.05, 0) is 25.2 Å². The van der Waals surface area contributed by atoms with Gasteiger partial charge in [-0.1, -0.05) is 52.4 Å². The molecule has 112 valence electrons. The molecule has 0 heterocycles. The van der Waals surface area contributed by atoms with Gasteiger partial charge in [0, 0.05) is 12.6 Å². The first kappa shape index (κ1) is 16.5. The standard InChI is InChI=1S/C16H32N2O/c1-14(2)9-5-4-8-12-17-16(19)13-18-15-10-6-3-7-11-15/h14-15,18H,3-13H2,1-2H3,(H,17,19). The van der Waals surface area contributed by atoms with Gasteiger partial charge in [0.15, 0.2) is 0 Å². The highest BCUT2D eigenvalue weighted by molar-refractivity contribution is 5.77. The Bertz CT molecular complexity index is 235. The van der Waals surface area contributed by atoms with Crippen LogP contribution in [0.4, 0.5) is 0 Å². The quantitative estimate of drug-likeness (QED) is 0.630. The van der Waals surface area contributed by atoms with Crippen molar-refractivity contribution in [1.82, 2.24) is 10.6 Å². The molecule has 0 unspecified atom stereocenters. The zero-order valence-corrected chi connectivity index (χ0v) is 12.8. The van der Waals surface area contributed by atoms with E-state index in [0.29, 0.717) is 12.6 Å². The molecule has 1 fully saturated rings. The molecular weight excluding hydrogens is 236 g/mol. The molecule has 0 atom stereocenters. The number of amides is 1. The molecule has 1 rings (SSSR count). The van der Waals surface area contributed by atoms with Crippen molar-refractivity contribution in [1.29, 1.82) is 0 Å². The fraction of sp³-hybridized carbons (Fsp3) is 0.938. The number of hydrogen-bond acceptors (Lipinski definition) is 2. The number of nitrogens with one attached hydrogen (secondary N) is 2. The van der Waals surface area contributed by atoms with Crippen LogP contribution in [0, 0.1) is 5.92 Å². The third-order valence-electron chi connectivity index (χ3n) is 3.94. The molecule has 0 radical (unpaired) electrons. The Morgan fingerprint density at radius 3 is 2.53 bits per heavy atom. The van der Waals surface area contributed by atoms with Crippen LogP contribution in [0.15, 0.2) is 0 Å². The molecule has 0 saturated heterocycles. The minimum absolute atomic E-state index is 0.162. The minimum atomic E-state index is 0.162. The molecule has 0 bridgehead atoms. The van der Waals surface area contributed by atoms with Crippen molar-refractivity contribution in [3.63, 3.8) is 0 Å². The summed E-state index contributed by atoms with van der Waals surface area (Å²) in [6, 6.07) is 0.575. The summed E-state index contributed by atoms with van der Waals surface area (Å²) in [5, 5.41) is 6.39. The molecule has 19 heavy (non-hydrogen) atoms. The number of carbonyl (C=O) groups excluding carboxylic acids is 1. The Morgan fingerprint density at radius 2 is 1.84 bits per heavy atom. The second-order valence-electron chi connectivity index (χ2n) is 6.31. The van der Waals surface area contributed by atoms with Crippen LogP contribution in [0.1, 0.15) is 71.6 Å². The highest BCUT2D eigenvalue weighted by Gasteiger charge is 2.13. The Hall–Kier alpha value is -0.570. The fourth-order valence-corrected chi connectivity index (χ4v) is 2.69. The van der Waals surface area contributed by atoms with Crippen LogP contribution in [0.25, 0.3) is 0 Å². The Morgan fingerprint density at radius 1 is 1.11 bits per heavy atom. The molecule has 0 aromatic rings. The van der Waals surface area contributed by atoms with Crippen molar-refractivity contribution in [3.8, 4) is 0 Å². The van der Waals surface area contributed by atoms with E-state index in [2.05, 4.69) is 24.5 Å². The van der Waals surface area contributed by atoms with Gasteiger partial charge in [0.25, 0.3) is 0 Å². The first-order valence-corrected chi connectivity index (χ1v) is 8.18. The van der Waals surface area contributed by atoms with E-state index in [1.54, 1.807) is 0 Å². The average Bonchev–Trinajstić information content (AvgIpc) is 2.41. The first-order chi connectivity index (χ1) is 9.18. The molecule has 1 aliphatic carbocycles. The summed E-state index contributed by atoms with van der Waals surface area (Å²) in [6.07, 6.45) is 11.4. The SMILES string of the molecule is CC(C)CCCCCNC(=O)CNC1CCCCC1. The van der Waals surface area contributed by atoms with Crippen molar-refractivity contribution in [2.75, 3.05) is 13.1 Å². The molecule has 1 amide bonds. The van der Waals surface area contributed by atoms with Crippen LogP contribution in [0.5, 0.6) is 0 Å². The third kappa shape index (κ3) is 9.04. The van der Waals surface area contributed by atoms with Crippen LogP contribution in [-0.2, 0) is 4.79 Å². The molecule has 0 aromatic heterocycles. The van der Waals surface area contributed by atoms with E-state index >= 15 is 0 Å². The van der Waals surface area contributed by atoms with Crippen LogP contribution in [0.3, 0.4) is 0 Å². The molecule has 3 heteroatoms. The summed E-state index contributed by atoms with van der Waals surface area (Å²) in [5.74, 6) is 0.962. The van der Waals surface area contributed by atoms with E-state index in [4.69, 9.17) is 0 Å². The summed E-state index contributed by atoms with van der Waals surface area (Å²) in [4.78, 5) is 11.7. The lowest BCUT2D eigenvalue weighted by atomic mass is 9.95. The van der Waals surface area contributed by atoms with Gasteiger partial charge in [0.1, 0.15) is 0 Å². The molecule has 1 saturated carbocycles. The maximum Gasteiger partial charge on any atom is 0.233 e. The highest BCUT2D eigenvalue weighted by atomic mass is 16.1. The summed E-state index contributed by atoms with van der Waals surface area (Å²) in [7, 11) is 0. The largest absolute Gasteiger partial charge is 0.355 e. The molecule has 1 aliphatic rings. The second kappa shape index (κ2) is 10.2. The summed E-state index contributed by atoms with van der Waals surface area (Å²) >= 11 is 0. The topological polar surface area (TPSA) is 41.1 Å². The second-order valence-corrected chi connectivity index (χ2v) is 6.31. The predicted octanol–water partition coefficient (Wildman–Crippen LogP) is 3.24. The lowest BCUT2D eigenvalue weighted by Gasteiger charge is -2.22. The maximum absolute atomic E-state index is 11.7. The van der Waals surface area contributed by atoms with E-state index in [1.807, 2.05) is 0 Å². The zero-order chi connectivity index (χ0) is 13.9.